The Morgan fingerprint density at radius 3 is 3.00 bits per heavy atom. The van der Waals surface area contributed by atoms with Gasteiger partial charge in [0, 0.05) is 11.0 Å². The number of hydrogen-bond donors (Lipinski definition) is 0. The normalized spacial score (nSPS) is 10.0. The van der Waals surface area contributed by atoms with Gasteiger partial charge < -0.3 is 0 Å². The first-order valence-corrected chi connectivity index (χ1v) is 3.83. The second-order valence-corrected chi connectivity index (χ2v) is 3.01. The van der Waals surface area contributed by atoms with E-state index in [0.717, 1.165) is 5.56 Å². The summed E-state index contributed by atoms with van der Waals surface area (Å²) in [7, 11) is 0. The van der Waals surface area contributed by atoms with Gasteiger partial charge in [-0.15, -0.1) is 11.3 Å². The molecule has 0 saturated carbocycles. The zero-order chi connectivity index (χ0) is 7.40. The van der Waals surface area contributed by atoms with Gasteiger partial charge in [-0.25, -0.2) is 0 Å². The molecule has 0 aliphatic heterocycles. The van der Waals surface area contributed by atoms with Crippen molar-refractivity contribution in [3.63, 3.8) is 0 Å². The van der Waals surface area contributed by atoms with Crippen molar-refractivity contribution < 1.29 is 0 Å². The van der Waals surface area contributed by atoms with Gasteiger partial charge in [-0.3, -0.25) is 0 Å². The third-order valence-corrected chi connectivity index (χ3v) is 2.10. The Hall–Kier alpha value is -1.07. The molecule has 0 unspecified atom stereocenters. The van der Waals surface area contributed by atoms with Crippen molar-refractivity contribution in [3.05, 3.63) is 28.0 Å². The van der Waals surface area contributed by atoms with Crippen molar-refractivity contribution in [1.29, 1.82) is 5.26 Å². The Kier molecular flexibility index (Phi) is 2.24. The summed E-state index contributed by atoms with van der Waals surface area (Å²) in [4.78, 5) is 1.26. The molecular formula is C8H7NS. The molecular weight excluding hydrogens is 142 g/mol. The largest absolute Gasteiger partial charge is 0.193 e. The SMILES string of the molecule is Cc1sccc1C=CC#N. The van der Waals surface area contributed by atoms with Gasteiger partial charge in [-0.1, -0.05) is 0 Å². The molecule has 0 aromatic carbocycles. The average Bonchev–Trinajstić information content (AvgIpc) is 2.31. The first-order chi connectivity index (χ1) is 4.84. The van der Waals surface area contributed by atoms with E-state index in [9.17, 15) is 0 Å². The van der Waals surface area contributed by atoms with Gasteiger partial charge in [-0.2, -0.15) is 5.26 Å². The highest BCUT2D eigenvalue weighted by Gasteiger charge is 1.91. The highest BCUT2D eigenvalue weighted by molar-refractivity contribution is 7.10. The molecule has 1 aromatic heterocycles. The summed E-state index contributed by atoms with van der Waals surface area (Å²) in [5.74, 6) is 0. The molecule has 10 heavy (non-hydrogen) atoms. The van der Waals surface area contributed by atoms with Gasteiger partial charge >= 0.3 is 0 Å². The van der Waals surface area contributed by atoms with Crippen LogP contribution in [0.2, 0.25) is 0 Å². The maximum atomic E-state index is 8.22. The van der Waals surface area contributed by atoms with Crippen LogP contribution >= 0.6 is 11.3 Å². The summed E-state index contributed by atoms with van der Waals surface area (Å²) in [5.41, 5.74) is 1.14. The lowest BCUT2D eigenvalue weighted by Gasteiger charge is -1.84. The van der Waals surface area contributed by atoms with Crippen molar-refractivity contribution >= 4 is 17.4 Å². The number of aryl methyl sites for hydroxylation is 1. The second kappa shape index (κ2) is 3.19. The van der Waals surface area contributed by atoms with Gasteiger partial charge in [0.25, 0.3) is 0 Å². The molecule has 50 valence electrons. The van der Waals surface area contributed by atoms with E-state index < -0.39 is 0 Å². The molecule has 0 N–H and O–H groups in total. The highest BCUT2D eigenvalue weighted by Crippen LogP contribution is 2.15. The van der Waals surface area contributed by atoms with E-state index in [2.05, 4.69) is 0 Å². The van der Waals surface area contributed by atoms with Crippen LogP contribution < -0.4 is 0 Å². The van der Waals surface area contributed by atoms with E-state index in [0.29, 0.717) is 0 Å². The fraction of sp³-hybridized carbons (Fsp3) is 0.125. The predicted molar refractivity (Wildman–Crippen MR) is 43.7 cm³/mol. The molecule has 0 atom stereocenters. The number of rotatable bonds is 1. The molecule has 0 amide bonds. The van der Waals surface area contributed by atoms with E-state index in [4.69, 9.17) is 5.26 Å². The van der Waals surface area contributed by atoms with E-state index in [-0.39, 0.29) is 0 Å². The number of nitriles is 1. The fourth-order valence-electron chi connectivity index (χ4n) is 0.695. The lowest BCUT2D eigenvalue weighted by Crippen LogP contribution is -1.65. The average molecular weight is 149 g/mol. The predicted octanol–water partition coefficient (Wildman–Crippen LogP) is 2.59. The van der Waals surface area contributed by atoms with Gasteiger partial charge in [0.05, 0.1) is 6.07 Å². The second-order valence-electron chi connectivity index (χ2n) is 1.89. The summed E-state index contributed by atoms with van der Waals surface area (Å²) < 4.78 is 0. The van der Waals surface area contributed by atoms with Crippen molar-refractivity contribution in [1.82, 2.24) is 0 Å². The highest BCUT2D eigenvalue weighted by atomic mass is 32.1. The quantitative estimate of drug-likeness (QED) is 0.563. The minimum absolute atomic E-state index is 1.14. The first kappa shape index (κ1) is 7.04. The van der Waals surface area contributed by atoms with Gasteiger partial charge in [0.15, 0.2) is 0 Å². The molecule has 1 nitrogen and oxygen atoms in total. The van der Waals surface area contributed by atoms with Gasteiger partial charge in [0.2, 0.25) is 0 Å². The molecule has 0 saturated heterocycles. The Morgan fingerprint density at radius 1 is 1.70 bits per heavy atom. The van der Waals surface area contributed by atoms with Crippen LogP contribution in [0.25, 0.3) is 6.08 Å². The zero-order valence-electron chi connectivity index (χ0n) is 5.66. The van der Waals surface area contributed by atoms with Crippen LogP contribution in [0.5, 0.6) is 0 Å². The summed E-state index contributed by atoms with van der Waals surface area (Å²) in [5, 5.41) is 10.2. The minimum Gasteiger partial charge on any atom is -0.193 e. The number of nitrogens with zero attached hydrogens (tertiary/aromatic N) is 1. The van der Waals surface area contributed by atoms with Crippen molar-refractivity contribution in [3.8, 4) is 6.07 Å². The first-order valence-electron chi connectivity index (χ1n) is 2.95. The standard InChI is InChI=1S/C8H7NS/c1-7-8(3-2-5-9)4-6-10-7/h2-4,6H,1H3. The van der Waals surface area contributed by atoms with E-state index >= 15 is 0 Å². The molecule has 0 aliphatic rings. The van der Waals surface area contributed by atoms with E-state index in [1.54, 1.807) is 11.3 Å². The molecule has 0 spiro atoms. The summed E-state index contributed by atoms with van der Waals surface area (Å²) in [6.45, 7) is 2.04. The number of allylic oxidation sites excluding steroid dienone is 1. The van der Waals surface area contributed by atoms with Crippen molar-refractivity contribution in [2.24, 2.45) is 0 Å². The van der Waals surface area contributed by atoms with Crippen molar-refractivity contribution in [2.75, 3.05) is 0 Å². The lowest BCUT2D eigenvalue weighted by molar-refractivity contribution is 1.53. The number of thiophene rings is 1. The Bertz CT molecular complexity index is 278. The fourth-order valence-corrected chi connectivity index (χ4v) is 1.39. The molecule has 0 bridgehead atoms. The maximum absolute atomic E-state index is 8.22. The Morgan fingerprint density at radius 2 is 2.50 bits per heavy atom. The van der Waals surface area contributed by atoms with Crippen molar-refractivity contribution in [2.45, 2.75) is 6.92 Å². The van der Waals surface area contributed by atoms with E-state index in [1.165, 1.54) is 11.0 Å². The van der Waals surface area contributed by atoms with Crippen LogP contribution in [0.4, 0.5) is 0 Å². The summed E-state index contributed by atoms with van der Waals surface area (Å²) in [6.07, 6.45) is 3.32. The van der Waals surface area contributed by atoms with Crippen LogP contribution in [0, 0.1) is 18.3 Å². The van der Waals surface area contributed by atoms with Crippen LogP contribution in [0.15, 0.2) is 17.5 Å². The zero-order valence-corrected chi connectivity index (χ0v) is 6.48. The molecule has 0 aliphatic carbocycles. The van der Waals surface area contributed by atoms with Gasteiger partial charge in [-0.05, 0) is 30.0 Å². The summed E-state index contributed by atoms with van der Waals surface area (Å²) >= 11 is 1.69. The maximum Gasteiger partial charge on any atom is 0.0912 e. The van der Waals surface area contributed by atoms with Crippen LogP contribution in [-0.4, -0.2) is 0 Å². The molecule has 0 radical (unpaired) electrons. The van der Waals surface area contributed by atoms with Crippen LogP contribution in [0.1, 0.15) is 10.4 Å². The Labute approximate surface area is 64.2 Å². The van der Waals surface area contributed by atoms with Crippen LogP contribution in [-0.2, 0) is 0 Å². The lowest BCUT2D eigenvalue weighted by atomic mass is 10.2. The van der Waals surface area contributed by atoms with Gasteiger partial charge in [0.1, 0.15) is 0 Å². The minimum atomic E-state index is 1.14. The van der Waals surface area contributed by atoms with Crippen LogP contribution in [0.3, 0.4) is 0 Å². The topological polar surface area (TPSA) is 23.8 Å². The smallest absolute Gasteiger partial charge is 0.0912 e. The molecule has 0 fully saturated rings. The van der Waals surface area contributed by atoms with E-state index in [1.807, 2.05) is 30.5 Å². The third-order valence-electron chi connectivity index (χ3n) is 1.24. The molecule has 1 heterocycles. The third kappa shape index (κ3) is 1.46. The summed E-state index contributed by atoms with van der Waals surface area (Å²) in [6, 6.07) is 3.97. The monoisotopic (exact) mass is 149 g/mol. The molecule has 2 heteroatoms. The molecule has 1 aromatic rings. The number of hydrogen-bond acceptors (Lipinski definition) is 2. The Balaban J connectivity index is 2.87. The molecule has 1 rings (SSSR count).